The highest BCUT2D eigenvalue weighted by Crippen LogP contribution is 2.27. The van der Waals surface area contributed by atoms with Crippen molar-refractivity contribution in [2.75, 3.05) is 26.1 Å². The van der Waals surface area contributed by atoms with Gasteiger partial charge in [-0.1, -0.05) is 12.1 Å². The van der Waals surface area contributed by atoms with Crippen molar-refractivity contribution in [1.29, 1.82) is 0 Å². The van der Waals surface area contributed by atoms with Crippen LogP contribution in [0.4, 0.5) is 5.82 Å². The highest BCUT2D eigenvalue weighted by atomic mass is 16.5. The summed E-state index contributed by atoms with van der Waals surface area (Å²) in [5, 5.41) is 0. The molecule has 1 aromatic heterocycles. The van der Waals surface area contributed by atoms with Gasteiger partial charge in [0.15, 0.2) is 5.82 Å². The lowest BCUT2D eigenvalue weighted by Gasteiger charge is -2.10. The second-order valence-corrected chi connectivity index (χ2v) is 3.64. The van der Waals surface area contributed by atoms with Gasteiger partial charge in [0.1, 0.15) is 18.2 Å². The molecule has 0 aliphatic heterocycles. The van der Waals surface area contributed by atoms with Gasteiger partial charge in [-0.05, 0) is 18.2 Å². The van der Waals surface area contributed by atoms with Gasteiger partial charge in [-0.25, -0.2) is 9.97 Å². The highest BCUT2D eigenvalue weighted by molar-refractivity contribution is 5.64. The standard InChI is InChI=1S/C13H15N3O2/c1-17-8-9-18-11-5-3-2-4-10(11)13-15-7-6-12(14)16-13/h2-7H,8-9H2,1H3,(H2,14,15,16). The van der Waals surface area contributed by atoms with E-state index in [-0.39, 0.29) is 0 Å². The molecule has 1 aromatic carbocycles. The van der Waals surface area contributed by atoms with Gasteiger partial charge >= 0.3 is 0 Å². The monoisotopic (exact) mass is 245 g/mol. The smallest absolute Gasteiger partial charge is 0.165 e. The number of aromatic nitrogens is 2. The third-order valence-corrected chi connectivity index (χ3v) is 2.35. The van der Waals surface area contributed by atoms with Gasteiger partial charge in [-0.3, -0.25) is 0 Å². The molecule has 1 heterocycles. The molecule has 0 saturated carbocycles. The third-order valence-electron chi connectivity index (χ3n) is 2.35. The molecule has 2 rings (SSSR count). The van der Waals surface area contributed by atoms with Gasteiger partial charge in [0.2, 0.25) is 0 Å². The Kier molecular flexibility index (Phi) is 4.09. The van der Waals surface area contributed by atoms with Crippen LogP contribution in [0.25, 0.3) is 11.4 Å². The molecular weight excluding hydrogens is 230 g/mol. The van der Waals surface area contributed by atoms with E-state index >= 15 is 0 Å². The summed E-state index contributed by atoms with van der Waals surface area (Å²) in [5.41, 5.74) is 6.48. The van der Waals surface area contributed by atoms with Gasteiger partial charge in [-0.15, -0.1) is 0 Å². The molecule has 0 radical (unpaired) electrons. The Balaban J connectivity index is 2.27. The summed E-state index contributed by atoms with van der Waals surface area (Å²) in [7, 11) is 1.64. The molecule has 2 N–H and O–H groups in total. The Morgan fingerprint density at radius 1 is 1.17 bits per heavy atom. The minimum atomic E-state index is 0.437. The van der Waals surface area contributed by atoms with Gasteiger partial charge in [0.05, 0.1) is 12.2 Å². The molecule has 0 amide bonds. The van der Waals surface area contributed by atoms with Crippen LogP contribution >= 0.6 is 0 Å². The van der Waals surface area contributed by atoms with Crippen LogP contribution in [0.2, 0.25) is 0 Å². The fourth-order valence-electron chi connectivity index (χ4n) is 1.51. The Bertz CT molecular complexity index is 517. The van der Waals surface area contributed by atoms with Crippen molar-refractivity contribution in [3.8, 4) is 17.1 Å². The second-order valence-electron chi connectivity index (χ2n) is 3.64. The number of hydrogen-bond donors (Lipinski definition) is 1. The maximum Gasteiger partial charge on any atom is 0.165 e. The average Bonchev–Trinajstić information content (AvgIpc) is 2.40. The number of methoxy groups -OCH3 is 1. The zero-order chi connectivity index (χ0) is 12.8. The van der Waals surface area contributed by atoms with E-state index in [4.69, 9.17) is 15.2 Å². The number of nitrogens with two attached hydrogens (primary N) is 1. The Hall–Kier alpha value is -2.14. The number of nitrogens with zero attached hydrogens (tertiary/aromatic N) is 2. The van der Waals surface area contributed by atoms with Gasteiger partial charge in [0, 0.05) is 13.3 Å². The average molecular weight is 245 g/mol. The van der Waals surface area contributed by atoms with E-state index in [1.807, 2.05) is 24.3 Å². The molecule has 0 aliphatic carbocycles. The number of para-hydroxylation sites is 1. The van der Waals surface area contributed by atoms with E-state index in [0.29, 0.717) is 24.9 Å². The molecule has 18 heavy (non-hydrogen) atoms. The van der Waals surface area contributed by atoms with Crippen LogP contribution in [-0.4, -0.2) is 30.3 Å². The molecule has 0 atom stereocenters. The second kappa shape index (κ2) is 5.97. The highest BCUT2D eigenvalue weighted by Gasteiger charge is 2.08. The molecule has 0 aliphatic rings. The first kappa shape index (κ1) is 12.3. The maximum atomic E-state index is 5.66. The minimum absolute atomic E-state index is 0.437. The molecule has 2 aromatic rings. The van der Waals surface area contributed by atoms with E-state index in [2.05, 4.69) is 9.97 Å². The van der Waals surface area contributed by atoms with Crippen molar-refractivity contribution in [2.24, 2.45) is 0 Å². The normalized spacial score (nSPS) is 10.3. The fraction of sp³-hybridized carbons (Fsp3) is 0.231. The van der Waals surface area contributed by atoms with Gasteiger partial charge < -0.3 is 15.2 Å². The molecule has 0 bridgehead atoms. The summed E-state index contributed by atoms with van der Waals surface area (Å²) in [6.07, 6.45) is 1.63. The number of nitrogen functional groups attached to an aromatic ring is 1. The predicted molar refractivity (Wildman–Crippen MR) is 69.3 cm³/mol. The van der Waals surface area contributed by atoms with Gasteiger partial charge in [-0.2, -0.15) is 0 Å². The SMILES string of the molecule is COCCOc1ccccc1-c1nccc(N)n1. The summed E-state index contributed by atoms with van der Waals surface area (Å²) in [4.78, 5) is 8.38. The molecule has 0 spiro atoms. The predicted octanol–water partition coefficient (Wildman–Crippen LogP) is 1.75. The Labute approximate surface area is 106 Å². The first-order valence-electron chi connectivity index (χ1n) is 5.61. The zero-order valence-electron chi connectivity index (χ0n) is 10.2. The van der Waals surface area contributed by atoms with Crippen molar-refractivity contribution < 1.29 is 9.47 Å². The lowest BCUT2D eigenvalue weighted by molar-refractivity contribution is 0.146. The van der Waals surface area contributed by atoms with Crippen molar-refractivity contribution in [3.63, 3.8) is 0 Å². The molecule has 5 nitrogen and oxygen atoms in total. The largest absolute Gasteiger partial charge is 0.490 e. The molecule has 0 saturated heterocycles. The van der Waals surface area contributed by atoms with Crippen molar-refractivity contribution >= 4 is 5.82 Å². The number of ether oxygens (including phenoxy) is 2. The van der Waals surface area contributed by atoms with E-state index in [0.717, 1.165) is 11.3 Å². The number of rotatable bonds is 5. The van der Waals surface area contributed by atoms with Crippen molar-refractivity contribution in [3.05, 3.63) is 36.5 Å². The molecule has 0 fully saturated rings. The quantitative estimate of drug-likeness (QED) is 0.813. The van der Waals surface area contributed by atoms with Crippen LogP contribution in [0.15, 0.2) is 36.5 Å². The summed E-state index contributed by atoms with van der Waals surface area (Å²) in [5.74, 6) is 1.72. The molecule has 0 unspecified atom stereocenters. The number of hydrogen-bond acceptors (Lipinski definition) is 5. The van der Waals surface area contributed by atoms with E-state index < -0.39 is 0 Å². The third kappa shape index (κ3) is 2.95. The topological polar surface area (TPSA) is 70.3 Å². The number of benzene rings is 1. The van der Waals surface area contributed by atoms with Crippen LogP contribution in [0.3, 0.4) is 0 Å². The first-order chi connectivity index (χ1) is 8.81. The summed E-state index contributed by atoms with van der Waals surface area (Å²) >= 11 is 0. The lowest BCUT2D eigenvalue weighted by Crippen LogP contribution is -2.05. The van der Waals surface area contributed by atoms with Crippen molar-refractivity contribution in [2.45, 2.75) is 0 Å². The summed E-state index contributed by atoms with van der Waals surface area (Å²) in [6, 6.07) is 9.23. The minimum Gasteiger partial charge on any atom is -0.490 e. The fourth-order valence-corrected chi connectivity index (χ4v) is 1.51. The summed E-state index contributed by atoms with van der Waals surface area (Å²) < 4.78 is 10.6. The molecular formula is C13H15N3O2. The van der Waals surface area contributed by atoms with Crippen LogP contribution in [0.5, 0.6) is 5.75 Å². The summed E-state index contributed by atoms with van der Waals surface area (Å²) in [6.45, 7) is 1.02. The van der Waals surface area contributed by atoms with Crippen molar-refractivity contribution in [1.82, 2.24) is 9.97 Å². The lowest BCUT2D eigenvalue weighted by atomic mass is 10.2. The maximum absolute atomic E-state index is 5.66. The van der Waals surface area contributed by atoms with Crippen LogP contribution in [0, 0.1) is 0 Å². The Morgan fingerprint density at radius 2 is 2.00 bits per heavy atom. The first-order valence-corrected chi connectivity index (χ1v) is 5.61. The molecule has 5 heteroatoms. The van der Waals surface area contributed by atoms with E-state index in [9.17, 15) is 0 Å². The van der Waals surface area contributed by atoms with E-state index in [1.54, 1.807) is 19.4 Å². The van der Waals surface area contributed by atoms with Crippen LogP contribution < -0.4 is 10.5 Å². The van der Waals surface area contributed by atoms with Crippen LogP contribution in [0.1, 0.15) is 0 Å². The van der Waals surface area contributed by atoms with Gasteiger partial charge in [0.25, 0.3) is 0 Å². The number of anilines is 1. The zero-order valence-corrected chi connectivity index (χ0v) is 10.2. The Morgan fingerprint density at radius 3 is 2.78 bits per heavy atom. The van der Waals surface area contributed by atoms with E-state index in [1.165, 1.54) is 0 Å². The van der Waals surface area contributed by atoms with Crippen LogP contribution in [-0.2, 0) is 4.74 Å². The molecule has 94 valence electrons.